The van der Waals surface area contributed by atoms with Crippen LogP contribution in [0.5, 0.6) is 0 Å². The van der Waals surface area contributed by atoms with E-state index in [0.29, 0.717) is 6.54 Å². The molecule has 0 bridgehead atoms. The largest absolute Gasteiger partial charge is 0.398 e. The molecule has 1 aromatic carbocycles. The van der Waals surface area contributed by atoms with Crippen molar-refractivity contribution in [3.05, 3.63) is 36.0 Å². The number of primary amides is 1. The molecule has 21 heavy (non-hydrogen) atoms. The van der Waals surface area contributed by atoms with Crippen LogP contribution in [-0.2, 0) is 11.3 Å². The minimum Gasteiger partial charge on any atom is -0.398 e. The van der Waals surface area contributed by atoms with Crippen LogP contribution in [0.4, 0.5) is 5.69 Å². The summed E-state index contributed by atoms with van der Waals surface area (Å²) in [6, 6.07) is 7.71. The van der Waals surface area contributed by atoms with Crippen LogP contribution in [0.25, 0.3) is 10.9 Å². The monoisotopic (exact) mass is 286 g/mol. The van der Waals surface area contributed by atoms with Gasteiger partial charge in [0, 0.05) is 23.8 Å². The Hall–Kier alpha value is -2.14. The number of aromatic nitrogens is 1. The molecule has 1 amide bonds. The van der Waals surface area contributed by atoms with Crippen molar-refractivity contribution in [3.8, 4) is 0 Å². The zero-order chi connectivity index (χ0) is 15.2. The number of carbonyl (C=O) groups excluding carboxylic acids is 1. The number of hydrogen-bond acceptors (Lipinski definition) is 4. The summed E-state index contributed by atoms with van der Waals surface area (Å²) >= 11 is 0. The molecule has 1 aromatic heterocycles. The fourth-order valence-electron chi connectivity index (χ4n) is 2.44. The second kappa shape index (κ2) is 7.04. The molecule has 0 aliphatic carbocycles. The lowest BCUT2D eigenvalue weighted by atomic mass is 10.1. The number of rotatable bonds is 7. The van der Waals surface area contributed by atoms with E-state index in [-0.39, 0.29) is 12.5 Å². The Kier molecular flexibility index (Phi) is 5.11. The quantitative estimate of drug-likeness (QED) is 0.761. The normalized spacial score (nSPS) is 11.1. The average molecular weight is 286 g/mol. The molecular weight excluding hydrogens is 264 g/mol. The third-order valence-electron chi connectivity index (χ3n) is 3.49. The van der Waals surface area contributed by atoms with Crippen LogP contribution in [0.2, 0.25) is 0 Å². The summed E-state index contributed by atoms with van der Waals surface area (Å²) in [5.74, 6) is -0.307. The molecule has 2 rings (SSSR count). The number of pyridine rings is 1. The Bertz CT molecular complexity index is 627. The fraction of sp³-hybridized carbons (Fsp3) is 0.375. The van der Waals surface area contributed by atoms with E-state index < -0.39 is 0 Å². The third kappa shape index (κ3) is 3.92. The first kappa shape index (κ1) is 15.3. The third-order valence-corrected chi connectivity index (χ3v) is 3.49. The van der Waals surface area contributed by atoms with Gasteiger partial charge in [0.05, 0.1) is 12.1 Å². The van der Waals surface area contributed by atoms with Crippen molar-refractivity contribution in [2.75, 3.05) is 18.8 Å². The highest BCUT2D eigenvalue weighted by molar-refractivity contribution is 5.92. The molecule has 2 aromatic rings. The lowest BCUT2D eigenvalue weighted by Crippen LogP contribution is -2.34. The number of nitrogen functional groups attached to an aromatic ring is 1. The average Bonchev–Trinajstić information content (AvgIpc) is 2.47. The van der Waals surface area contributed by atoms with Gasteiger partial charge in [-0.2, -0.15) is 0 Å². The molecule has 0 saturated carbocycles. The molecule has 1 heterocycles. The van der Waals surface area contributed by atoms with E-state index in [1.54, 1.807) is 6.20 Å². The summed E-state index contributed by atoms with van der Waals surface area (Å²) in [4.78, 5) is 17.7. The van der Waals surface area contributed by atoms with Gasteiger partial charge in [-0.15, -0.1) is 0 Å². The van der Waals surface area contributed by atoms with Crippen LogP contribution >= 0.6 is 0 Å². The van der Waals surface area contributed by atoms with E-state index in [9.17, 15) is 4.79 Å². The zero-order valence-electron chi connectivity index (χ0n) is 12.4. The maximum Gasteiger partial charge on any atom is 0.231 e. The first-order valence-corrected chi connectivity index (χ1v) is 7.24. The van der Waals surface area contributed by atoms with Gasteiger partial charge in [0.2, 0.25) is 5.91 Å². The topological polar surface area (TPSA) is 85.2 Å². The molecule has 0 radical (unpaired) electrons. The SMILES string of the molecule is CCCCN(CC(N)=O)Cc1ccc(N)c2cccnc12. The van der Waals surface area contributed by atoms with Gasteiger partial charge < -0.3 is 11.5 Å². The summed E-state index contributed by atoms with van der Waals surface area (Å²) in [6.45, 7) is 3.89. The molecule has 5 heteroatoms. The molecule has 0 atom stereocenters. The van der Waals surface area contributed by atoms with E-state index in [1.807, 2.05) is 24.3 Å². The van der Waals surface area contributed by atoms with Gasteiger partial charge in [-0.25, -0.2) is 0 Å². The van der Waals surface area contributed by atoms with Crippen molar-refractivity contribution in [1.29, 1.82) is 0 Å². The van der Waals surface area contributed by atoms with Gasteiger partial charge >= 0.3 is 0 Å². The number of unbranched alkanes of at least 4 members (excludes halogenated alkanes) is 1. The second-order valence-electron chi connectivity index (χ2n) is 5.24. The van der Waals surface area contributed by atoms with Gasteiger partial charge in [-0.05, 0) is 36.7 Å². The van der Waals surface area contributed by atoms with Crippen LogP contribution in [-0.4, -0.2) is 28.9 Å². The number of nitrogens with two attached hydrogens (primary N) is 2. The Morgan fingerprint density at radius 1 is 1.33 bits per heavy atom. The molecule has 0 saturated heterocycles. The summed E-state index contributed by atoms with van der Waals surface area (Å²) in [7, 11) is 0. The minimum atomic E-state index is -0.307. The lowest BCUT2D eigenvalue weighted by molar-refractivity contribution is -0.119. The van der Waals surface area contributed by atoms with E-state index >= 15 is 0 Å². The number of fused-ring (bicyclic) bond motifs is 1. The summed E-state index contributed by atoms with van der Waals surface area (Å²) in [5.41, 5.74) is 14.0. The molecule has 0 spiro atoms. The fourth-order valence-corrected chi connectivity index (χ4v) is 2.44. The number of hydrogen-bond donors (Lipinski definition) is 2. The summed E-state index contributed by atoms with van der Waals surface area (Å²) < 4.78 is 0. The van der Waals surface area contributed by atoms with Crippen LogP contribution < -0.4 is 11.5 Å². The molecule has 112 valence electrons. The van der Waals surface area contributed by atoms with Crippen LogP contribution in [0, 0.1) is 0 Å². The Morgan fingerprint density at radius 3 is 2.86 bits per heavy atom. The first-order valence-electron chi connectivity index (χ1n) is 7.24. The molecular formula is C16H22N4O. The van der Waals surface area contributed by atoms with E-state index in [4.69, 9.17) is 11.5 Å². The van der Waals surface area contributed by atoms with Crippen molar-refractivity contribution >= 4 is 22.5 Å². The number of anilines is 1. The molecule has 0 aliphatic rings. The van der Waals surface area contributed by atoms with Crippen molar-refractivity contribution in [3.63, 3.8) is 0 Å². The minimum absolute atomic E-state index is 0.263. The maximum atomic E-state index is 11.2. The van der Waals surface area contributed by atoms with Crippen molar-refractivity contribution < 1.29 is 4.79 Å². The summed E-state index contributed by atoms with van der Waals surface area (Å²) in [6.07, 6.45) is 3.87. The maximum absolute atomic E-state index is 11.2. The van der Waals surface area contributed by atoms with Gasteiger partial charge in [0.25, 0.3) is 0 Å². The number of nitrogens with zero attached hydrogens (tertiary/aromatic N) is 2. The predicted octanol–water partition coefficient (Wildman–Crippen LogP) is 1.90. The first-order chi connectivity index (χ1) is 10.1. The van der Waals surface area contributed by atoms with Crippen LogP contribution in [0.3, 0.4) is 0 Å². The molecule has 5 nitrogen and oxygen atoms in total. The molecule has 0 unspecified atom stereocenters. The highest BCUT2D eigenvalue weighted by atomic mass is 16.1. The van der Waals surface area contributed by atoms with E-state index in [0.717, 1.165) is 41.5 Å². The van der Waals surface area contributed by atoms with Gasteiger partial charge in [-0.3, -0.25) is 14.7 Å². The second-order valence-corrected chi connectivity index (χ2v) is 5.24. The number of amides is 1. The van der Waals surface area contributed by atoms with Crippen LogP contribution in [0.1, 0.15) is 25.3 Å². The van der Waals surface area contributed by atoms with E-state index in [1.165, 1.54) is 0 Å². The number of benzene rings is 1. The smallest absolute Gasteiger partial charge is 0.231 e. The zero-order valence-corrected chi connectivity index (χ0v) is 12.4. The Morgan fingerprint density at radius 2 is 2.14 bits per heavy atom. The molecule has 4 N–H and O–H groups in total. The Labute approximate surface area is 124 Å². The molecule has 0 aliphatic heterocycles. The van der Waals surface area contributed by atoms with Crippen molar-refractivity contribution in [1.82, 2.24) is 9.88 Å². The summed E-state index contributed by atoms with van der Waals surface area (Å²) in [5, 5.41) is 0.949. The van der Waals surface area contributed by atoms with Crippen molar-refractivity contribution in [2.24, 2.45) is 5.73 Å². The standard InChI is InChI=1S/C16H22N4O/c1-2-3-9-20(11-15(18)21)10-12-6-7-14(17)13-5-4-8-19-16(12)13/h4-8H,2-3,9-11,17H2,1H3,(H2,18,21). The van der Waals surface area contributed by atoms with Gasteiger partial charge in [-0.1, -0.05) is 19.4 Å². The molecule has 0 fully saturated rings. The van der Waals surface area contributed by atoms with Crippen molar-refractivity contribution in [2.45, 2.75) is 26.3 Å². The highest BCUT2D eigenvalue weighted by Gasteiger charge is 2.12. The number of carbonyl (C=O) groups is 1. The Balaban J connectivity index is 2.27. The van der Waals surface area contributed by atoms with Crippen LogP contribution in [0.15, 0.2) is 30.5 Å². The van der Waals surface area contributed by atoms with Gasteiger partial charge in [0.15, 0.2) is 0 Å². The van der Waals surface area contributed by atoms with E-state index in [2.05, 4.69) is 16.8 Å². The predicted molar refractivity (Wildman–Crippen MR) is 85.5 cm³/mol. The van der Waals surface area contributed by atoms with Gasteiger partial charge in [0.1, 0.15) is 0 Å². The highest BCUT2D eigenvalue weighted by Crippen LogP contribution is 2.23. The lowest BCUT2D eigenvalue weighted by Gasteiger charge is -2.21.